The lowest BCUT2D eigenvalue weighted by atomic mass is 9.93. The van der Waals surface area contributed by atoms with Crippen LogP contribution in [-0.4, -0.2) is 154 Å². The second-order valence-corrected chi connectivity index (χ2v) is 10.5. The summed E-state index contributed by atoms with van der Waals surface area (Å²) in [5, 5.41) is 72.8. The number of hydrogen-bond acceptors (Lipinski definition) is 13. The Bertz CT molecular complexity index is 688. The van der Waals surface area contributed by atoms with Crippen LogP contribution in [-0.2, 0) is 19.0 Å². The molecular formula is C26H50N2O11. The van der Waals surface area contributed by atoms with Gasteiger partial charge in [0.2, 0.25) is 0 Å². The lowest BCUT2D eigenvalue weighted by Gasteiger charge is -2.40. The highest BCUT2D eigenvalue weighted by atomic mass is 16.7. The van der Waals surface area contributed by atoms with E-state index in [1.54, 1.807) is 6.92 Å². The van der Waals surface area contributed by atoms with E-state index in [1.807, 2.05) is 6.92 Å². The summed E-state index contributed by atoms with van der Waals surface area (Å²) in [6.45, 7) is 6.20. The van der Waals surface area contributed by atoms with Gasteiger partial charge in [0.25, 0.3) is 0 Å². The topological polar surface area (TPSA) is 202 Å². The van der Waals surface area contributed by atoms with E-state index in [-0.39, 0.29) is 12.4 Å². The van der Waals surface area contributed by atoms with Crippen LogP contribution in [0, 0.1) is 0 Å². The van der Waals surface area contributed by atoms with Gasteiger partial charge in [-0.25, -0.2) is 0 Å². The third-order valence-electron chi connectivity index (χ3n) is 7.45. The summed E-state index contributed by atoms with van der Waals surface area (Å²) in [6, 6.07) is 0. The standard InChI is InChI=1S/C26H50N2O11/c1-3-27-14-17(30)8-5-4-6-10-28(12-13-37-26-25(36)23(34)20(31)16(2)38-26)11-7-9-18-21(32)24(35)22(33)19(15-29)39-18/h16,18-27,29,31-36H,3-15H2,1-2H3/t16-,18+,19+,20+,21+,22+,23+,24+,25-,26+/m0/s1. The molecule has 2 aliphatic rings. The fraction of sp³-hybridized carbons (Fsp3) is 0.962. The van der Waals surface area contributed by atoms with E-state index >= 15 is 0 Å². The molecule has 0 radical (unpaired) electrons. The molecule has 0 amide bonds. The highest BCUT2D eigenvalue weighted by Gasteiger charge is 2.43. The molecule has 13 heteroatoms. The Morgan fingerprint density at radius 2 is 1.49 bits per heavy atom. The molecule has 2 fully saturated rings. The number of Topliss-reactive ketones (excluding diaryl/α,β-unsaturated/α-hetero) is 1. The number of ketones is 1. The van der Waals surface area contributed by atoms with Crippen molar-refractivity contribution in [2.24, 2.45) is 0 Å². The van der Waals surface area contributed by atoms with Gasteiger partial charge in [0.05, 0.1) is 32.0 Å². The number of nitrogens with one attached hydrogen (secondary N) is 1. The predicted octanol–water partition coefficient (Wildman–Crippen LogP) is -2.51. The molecule has 0 aromatic heterocycles. The lowest BCUT2D eigenvalue weighted by molar-refractivity contribution is -0.293. The first-order chi connectivity index (χ1) is 18.6. The molecular weight excluding hydrogens is 516 g/mol. The summed E-state index contributed by atoms with van der Waals surface area (Å²) in [7, 11) is 0. The van der Waals surface area contributed by atoms with Gasteiger partial charge >= 0.3 is 0 Å². The van der Waals surface area contributed by atoms with E-state index < -0.39 is 67.8 Å². The van der Waals surface area contributed by atoms with Crippen LogP contribution in [0.4, 0.5) is 0 Å². The quantitative estimate of drug-likeness (QED) is 0.0810. The minimum Gasteiger partial charge on any atom is -0.394 e. The van der Waals surface area contributed by atoms with Crippen LogP contribution in [0.3, 0.4) is 0 Å². The average Bonchev–Trinajstić information content (AvgIpc) is 2.92. The smallest absolute Gasteiger partial charge is 0.186 e. The number of nitrogens with zero attached hydrogens (tertiary/aromatic N) is 1. The van der Waals surface area contributed by atoms with Crippen LogP contribution in [0.5, 0.6) is 0 Å². The van der Waals surface area contributed by atoms with Crippen molar-refractivity contribution in [3.63, 3.8) is 0 Å². The molecule has 2 heterocycles. The normalized spacial score (nSPS) is 35.4. The van der Waals surface area contributed by atoms with Crippen LogP contribution in [0.2, 0.25) is 0 Å². The molecule has 39 heavy (non-hydrogen) atoms. The van der Waals surface area contributed by atoms with Gasteiger partial charge in [-0.05, 0) is 52.2 Å². The molecule has 13 nitrogen and oxygen atoms in total. The van der Waals surface area contributed by atoms with Crippen LogP contribution >= 0.6 is 0 Å². The Hall–Kier alpha value is -0.810. The van der Waals surface area contributed by atoms with Crippen molar-refractivity contribution in [1.29, 1.82) is 0 Å². The van der Waals surface area contributed by atoms with E-state index in [1.165, 1.54) is 0 Å². The molecule has 2 saturated heterocycles. The van der Waals surface area contributed by atoms with Crippen molar-refractivity contribution in [1.82, 2.24) is 10.2 Å². The minimum atomic E-state index is -1.40. The number of carbonyl (C=O) groups excluding carboxylic acids is 1. The van der Waals surface area contributed by atoms with Crippen LogP contribution in [0.15, 0.2) is 0 Å². The summed E-state index contributed by atoms with van der Waals surface area (Å²) in [5.41, 5.74) is 0. The van der Waals surface area contributed by atoms with Gasteiger partial charge in [-0.15, -0.1) is 0 Å². The van der Waals surface area contributed by atoms with Gasteiger partial charge in [-0.2, -0.15) is 0 Å². The monoisotopic (exact) mass is 566 g/mol. The Kier molecular flexibility index (Phi) is 15.8. The van der Waals surface area contributed by atoms with Crippen LogP contribution in [0.1, 0.15) is 52.4 Å². The van der Waals surface area contributed by atoms with Crippen molar-refractivity contribution in [3.8, 4) is 0 Å². The van der Waals surface area contributed by atoms with E-state index in [0.29, 0.717) is 45.4 Å². The first-order valence-corrected chi connectivity index (χ1v) is 14.2. The Morgan fingerprint density at radius 3 is 2.18 bits per heavy atom. The van der Waals surface area contributed by atoms with Crippen molar-refractivity contribution < 1.29 is 54.8 Å². The Morgan fingerprint density at radius 1 is 0.821 bits per heavy atom. The number of aliphatic hydroxyl groups excluding tert-OH is 7. The number of unbranched alkanes of at least 4 members (excludes halogenated alkanes) is 2. The Labute approximate surface area is 230 Å². The first kappa shape index (κ1) is 34.4. The number of hydrogen-bond donors (Lipinski definition) is 8. The predicted molar refractivity (Wildman–Crippen MR) is 140 cm³/mol. The van der Waals surface area contributed by atoms with Gasteiger partial charge in [-0.1, -0.05) is 13.3 Å². The van der Waals surface area contributed by atoms with Gasteiger partial charge in [-0.3, -0.25) is 4.79 Å². The molecule has 0 unspecified atom stereocenters. The average molecular weight is 567 g/mol. The summed E-state index contributed by atoms with van der Waals surface area (Å²) in [4.78, 5) is 14.0. The van der Waals surface area contributed by atoms with Gasteiger partial charge < -0.3 is 60.2 Å². The Balaban J connectivity index is 1.83. The fourth-order valence-corrected chi connectivity index (χ4v) is 4.90. The molecule has 0 aromatic carbocycles. The molecule has 2 rings (SSSR count). The third kappa shape index (κ3) is 10.8. The highest BCUT2D eigenvalue weighted by molar-refractivity contribution is 5.80. The van der Waals surface area contributed by atoms with Crippen LogP contribution in [0.25, 0.3) is 0 Å². The third-order valence-corrected chi connectivity index (χ3v) is 7.45. The largest absolute Gasteiger partial charge is 0.394 e. The summed E-state index contributed by atoms with van der Waals surface area (Å²) >= 11 is 0. The summed E-state index contributed by atoms with van der Waals surface area (Å²) < 4.78 is 16.8. The van der Waals surface area contributed by atoms with Gasteiger partial charge in [0, 0.05) is 13.0 Å². The zero-order chi connectivity index (χ0) is 28.9. The lowest BCUT2D eigenvalue weighted by Crippen LogP contribution is -2.58. The molecule has 0 aromatic rings. The van der Waals surface area contributed by atoms with Crippen molar-refractivity contribution in [2.75, 3.05) is 45.9 Å². The zero-order valence-corrected chi connectivity index (χ0v) is 23.2. The number of carbonyl (C=O) groups is 1. The fourth-order valence-electron chi connectivity index (χ4n) is 4.90. The SMILES string of the molecule is CCNCC(=O)CCCCCN(CCC[C@H]1O[C@H](CO)[C@@H](O)[C@H](O)[C@@H]1O)CCO[C@@H]1O[C@@H](C)[C@@H](O)[C@@H](O)[C@@H]1O. The zero-order valence-electron chi connectivity index (χ0n) is 23.2. The number of likely N-dealkylation sites (N-methyl/N-ethyl adjacent to an activating group) is 1. The molecule has 0 saturated carbocycles. The van der Waals surface area contributed by atoms with Crippen LogP contribution < -0.4 is 5.32 Å². The molecule has 10 atom stereocenters. The van der Waals surface area contributed by atoms with Crippen molar-refractivity contribution in [3.05, 3.63) is 0 Å². The molecule has 2 aliphatic heterocycles. The maximum atomic E-state index is 11.9. The van der Waals surface area contributed by atoms with Crippen molar-refractivity contribution in [2.45, 2.75) is 114 Å². The number of aliphatic hydroxyl groups is 7. The second-order valence-electron chi connectivity index (χ2n) is 10.5. The van der Waals surface area contributed by atoms with Gasteiger partial charge in [0.1, 0.15) is 48.5 Å². The highest BCUT2D eigenvalue weighted by Crippen LogP contribution is 2.24. The first-order valence-electron chi connectivity index (χ1n) is 14.2. The number of ether oxygens (including phenoxy) is 3. The summed E-state index contributed by atoms with van der Waals surface area (Å²) in [5.74, 6) is 0.189. The van der Waals surface area contributed by atoms with Gasteiger partial charge in [0.15, 0.2) is 6.29 Å². The molecule has 0 bridgehead atoms. The second kappa shape index (κ2) is 17.9. The number of rotatable bonds is 18. The van der Waals surface area contributed by atoms with E-state index in [0.717, 1.165) is 25.8 Å². The minimum absolute atomic E-state index is 0.189. The summed E-state index contributed by atoms with van der Waals surface area (Å²) in [6.07, 6.45) is -7.45. The van der Waals surface area contributed by atoms with Crippen molar-refractivity contribution >= 4 is 5.78 Å². The molecule has 0 aliphatic carbocycles. The maximum Gasteiger partial charge on any atom is 0.186 e. The molecule has 8 N–H and O–H groups in total. The van der Waals surface area contributed by atoms with E-state index in [9.17, 15) is 40.5 Å². The van der Waals surface area contributed by atoms with E-state index in [4.69, 9.17) is 14.2 Å². The molecule has 230 valence electrons. The maximum absolute atomic E-state index is 11.9. The molecule has 0 spiro atoms. The van der Waals surface area contributed by atoms with E-state index in [2.05, 4.69) is 10.2 Å².